The standard InChI is InChI=1S/C18H28N4O2S/c1-14(25-2)17(24)21-9-6-18(7-10-21)5-3-16(23)22(12-18)8-4-15-11-19-13-20-15/h11,13-14H,3-10,12H2,1-2H3,(H,19,20)/t14-/m1/s1. The molecule has 2 fully saturated rings. The van der Waals surface area contributed by atoms with Gasteiger partial charge in [0.05, 0.1) is 11.6 Å². The van der Waals surface area contributed by atoms with Crippen molar-refractivity contribution in [2.45, 2.75) is 44.3 Å². The number of thioether (sulfide) groups is 1. The molecule has 1 aromatic rings. The zero-order chi connectivity index (χ0) is 17.9. The Labute approximate surface area is 153 Å². The van der Waals surface area contributed by atoms with Crippen molar-refractivity contribution < 1.29 is 9.59 Å². The monoisotopic (exact) mass is 364 g/mol. The van der Waals surface area contributed by atoms with E-state index in [2.05, 4.69) is 9.97 Å². The van der Waals surface area contributed by atoms with Crippen LogP contribution >= 0.6 is 11.8 Å². The maximum atomic E-state index is 12.4. The highest BCUT2D eigenvalue weighted by Gasteiger charge is 2.41. The zero-order valence-electron chi connectivity index (χ0n) is 15.2. The third kappa shape index (κ3) is 4.19. The summed E-state index contributed by atoms with van der Waals surface area (Å²) in [7, 11) is 0. The topological polar surface area (TPSA) is 69.3 Å². The average Bonchev–Trinajstić information content (AvgIpc) is 3.15. The number of imidazole rings is 1. The molecule has 0 radical (unpaired) electrons. The number of hydrogen-bond acceptors (Lipinski definition) is 4. The molecule has 2 amide bonds. The van der Waals surface area contributed by atoms with Gasteiger partial charge in [-0.1, -0.05) is 0 Å². The summed E-state index contributed by atoms with van der Waals surface area (Å²) >= 11 is 1.61. The number of nitrogens with zero attached hydrogens (tertiary/aromatic N) is 3. The van der Waals surface area contributed by atoms with Crippen LogP contribution in [-0.2, 0) is 16.0 Å². The molecule has 6 nitrogen and oxygen atoms in total. The number of likely N-dealkylation sites (tertiary alicyclic amines) is 2. The van der Waals surface area contributed by atoms with Gasteiger partial charge in [0.1, 0.15) is 0 Å². The molecule has 0 saturated carbocycles. The fourth-order valence-electron chi connectivity index (χ4n) is 3.95. The molecule has 2 aliphatic rings. The first-order valence-corrected chi connectivity index (χ1v) is 10.4. The normalized spacial score (nSPS) is 21.6. The van der Waals surface area contributed by atoms with Crippen LogP contribution in [0.25, 0.3) is 0 Å². The van der Waals surface area contributed by atoms with E-state index in [1.54, 1.807) is 18.1 Å². The molecule has 0 aromatic carbocycles. The number of amides is 2. The van der Waals surface area contributed by atoms with Crippen molar-refractivity contribution in [3.63, 3.8) is 0 Å². The Hall–Kier alpha value is -1.50. The number of rotatable bonds is 5. The Kier molecular flexibility index (Phi) is 5.71. The van der Waals surface area contributed by atoms with Crippen molar-refractivity contribution in [2.24, 2.45) is 5.41 Å². The Morgan fingerprint density at radius 2 is 2.16 bits per heavy atom. The highest BCUT2D eigenvalue weighted by molar-refractivity contribution is 7.99. The summed E-state index contributed by atoms with van der Waals surface area (Å²) in [6.45, 7) is 5.21. The number of hydrogen-bond donors (Lipinski definition) is 1. The predicted octanol–water partition coefficient (Wildman–Crippen LogP) is 1.93. The van der Waals surface area contributed by atoms with E-state index < -0.39 is 0 Å². The molecule has 0 bridgehead atoms. The van der Waals surface area contributed by atoms with E-state index in [0.29, 0.717) is 6.42 Å². The van der Waals surface area contributed by atoms with Crippen LogP contribution in [0.5, 0.6) is 0 Å². The minimum absolute atomic E-state index is 0.0351. The van der Waals surface area contributed by atoms with Gasteiger partial charge < -0.3 is 14.8 Å². The summed E-state index contributed by atoms with van der Waals surface area (Å²) in [6, 6.07) is 0. The van der Waals surface area contributed by atoms with Gasteiger partial charge in [0.15, 0.2) is 0 Å². The average molecular weight is 365 g/mol. The lowest BCUT2D eigenvalue weighted by Crippen LogP contribution is -2.53. The summed E-state index contributed by atoms with van der Waals surface area (Å²) in [5, 5.41) is 0.0351. The second-order valence-electron chi connectivity index (χ2n) is 7.35. The molecular weight excluding hydrogens is 336 g/mol. The van der Waals surface area contributed by atoms with Crippen molar-refractivity contribution in [3.05, 3.63) is 18.2 Å². The van der Waals surface area contributed by atoms with Gasteiger partial charge in [-0.25, -0.2) is 4.98 Å². The Bertz CT molecular complexity index is 596. The SMILES string of the molecule is CS[C@H](C)C(=O)N1CCC2(CCC(=O)N(CCc3cnc[nH]3)C2)CC1. The molecule has 25 heavy (non-hydrogen) atoms. The van der Waals surface area contributed by atoms with Gasteiger partial charge in [-0.15, -0.1) is 0 Å². The van der Waals surface area contributed by atoms with E-state index in [0.717, 1.165) is 57.6 Å². The van der Waals surface area contributed by atoms with Crippen LogP contribution in [0, 0.1) is 5.41 Å². The number of carbonyl (C=O) groups excluding carboxylic acids is 2. The maximum absolute atomic E-state index is 12.4. The molecule has 2 aliphatic heterocycles. The smallest absolute Gasteiger partial charge is 0.235 e. The zero-order valence-corrected chi connectivity index (χ0v) is 16.0. The third-order valence-electron chi connectivity index (χ3n) is 5.79. The predicted molar refractivity (Wildman–Crippen MR) is 99.3 cm³/mol. The molecule has 1 spiro atoms. The molecule has 1 atom stereocenters. The van der Waals surface area contributed by atoms with E-state index in [1.165, 1.54) is 0 Å². The molecular formula is C18H28N4O2S. The van der Waals surface area contributed by atoms with E-state index in [-0.39, 0.29) is 22.5 Å². The molecule has 2 saturated heterocycles. The van der Waals surface area contributed by atoms with Crippen molar-refractivity contribution in [1.82, 2.24) is 19.8 Å². The first-order valence-electron chi connectivity index (χ1n) is 9.10. The summed E-state index contributed by atoms with van der Waals surface area (Å²) < 4.78 is 0. The molecule has 3 rings (SSSR count). The fraction of sp³-hybridized carbons (Fsp3) is 0.722. The number of aromatic nitrogens is 2. The quantitative estimate of drug-likeness (QED) is 0.867. The lowest BCUT2D eigenvalue weighted by atomic mass is 9.72. The van der Waals surface area contributed by atoms with E-state index in [4.69, 9.17) is 0 Å². The lowest BCUT2D eigenvalue weighted by molar-refractivity contribution is -0.142. The van der Waals surface area contributed by atoms with Crippen LogP contribution in [0.4, 0.5) is 0 Å². The summed E-state index contributed by atoms with van der Waals surface area (Å²) in [4.78, 5) is 35.9. The van der Waals surface area contributed by atoms with Crippen LogP contribution in [0.2, 0.25) is 0 Å². The van der Waals surface area contributed by atoms with Crippen molar-refractivity contribution in [1.29, 1.82) is 0 Å². The van der Waals surface area contributed by atoms with Crippen molar-refractivity contribution >= 4 is 23.6 Å². The Morgan fingerprint density at radius 3 is 2.80 bits per heavy atom. The molecule has 138 valence electrons. The first-order chi connectivity index (χ1) is 12.0. The molecule has 3 heterocycles. The minimum atomic E-state index is 0.0351. The van der Waals surface area contributed by atoms with Gasteiger partial charge in [0.2, 0.25) is 11.8 Å². The molecule has 1 N–H and O–H groups in total. The molecule has 1 aromatic heterocycles. The number of nitrogens with one attached hydrogen (secondary N) is 1. The largest absolute Gasteiger partial charge is 0.348 e. The number of H-pyrrole nitrogens is 1. The van der Waals surface area contributed by atoms with Crippen LogP contribution in [0.1, 0.15) is 38.3 Å². The maximum Gasteiger partial charge on any atom is 0.235 e. The molecule has 0 aliphatic carbocycles. The second-order valence-corrected chi connectivity index (χ2v) is 8.52. The Morgan fingerprint density at radius 1 is 1.40 bits per heavy atom. The van der Waals surface area contributed by atoms with Gasteiger partial charge in [0.25, 0.3) is 0 Å². The van der Waals surface area contributed by atoms with E-state index in [1.807, 2.05) is 29.2 Å². The van der Waals surface area contributed by atoms with Gasteiger partial charge in [-0.05, 0) is 37.9 Å². The van der Waals surface area contributed by atoms with Gasteiger partial charge in [-0.2, -0.15) is 11.8 Å². The highest BCUT2D eigenvalue weighted by atomic mass is 32.2. The van der Waals surface area contributed by atoms with Crippen LogP contribution < -0.4 is 0 Å². The number of carbonyl (C=O) groups is 2. The van der Waals surface area contributed by atoms with Crippen molar-refractivity contribution in [3.8, 4) is 0 Å². The lowest BCUT2D eigenvalue weighted by Gasteiger charge is -2.47. The summed E-state index contributed by atoms with van der Waals surface area (Å²) in [5.41, 5.74) is 1.26. The van der Waals surface area contributed by atoms with Crippen molar-refractivity contribution in [2.75, 3.05) is 32.4 Å². The summed E-state index contributed by atoms with van der Waals surface area (Å²) in [6.07, 6.45) is 9.92. The highest BCUT2D eigenvalue weighted by Crippen LogP contribution is 2.40. The van der Waals surface area contributed by atoms with Gasteiger partial charge >= 0.3 is 0 Å². The van der Waals surface area contributed by atoms with Crippen LogP contribution in [0.3, 0.4) is 0 Å². The van der Waals surface area contributed by atoms with Gasteiger partial charge in [-0.3, -0.25) is 9.59 Å². The van der Waals surface area contributed by atoms with Crippen LogP contribution in [0.15, 0.2) is 12.5 Å². The minimum Gasteiger partial charge on any atom is -0.348 e. The number of piperidine rings is 2. The van der Waals surface area contributed by atoms with Gasteiger partial charge in [0, 0.05) is 50.9 Å². The fourth-order valence-corrected chi connectivity index (χ4v) is 4.30. The second kappa shape index (κ2) is 7.81. The molecule has 0 unspecified atom stereocenters. The Balaban J connectivity index is 1.56. The van der Waals surface area contributed by atoms with E-state index in [9.17, 15) is 9.59 Å². The summed E-state index contributed by atoms with van der Waals surface area (Å²) in [5.74, 6) is 0.519. The van der Waals surface area contributed by atoms with E-state index >= 15 is 0 Å². The first kappa shape index (κ1) is 18.3. The number of aromatic amines is 1. The molecule has 7 heteroatoms. The van der Waals surface area contributed by atoms with Crippen LogP contribution in [-0.4, -0.2) is 69.3 Å². The third-order valence-corrected chi connectivity index (χ3v) is 6.70.